The zero-order chi connectivity index (χ0) is 29.5. The quantitative estimate of drug-likeness (QED) is 0.391. The summed E-state index contributed by atoms with van der Waals surface area (Å²) in [6.45, 7) is 8.93. The Labute approximate surface area is 249 Å². The number of nitrogens with zero attached hydrogens (tertiary/aromatic N) is 6. The zero-order valence-electron chi connectivity index (χ0n) is 23.9. The van der Waals surface area contributed by atoms with E-state index in [4.69, 9.17) is 37.9 Å². The van der Waals surface area contributed by atoms with Crippen molar-refractivity contribution >= 4 is 57.6 Å². The third kappa shape index (κ3) is 6.43. The Morgan fingerprint density at radius 3 is 2.63 bits per heavy atom. The summed E-state index contributed by atoms with van der Waals surface area (Å²) in [5.41, 5.74) is 2.60. The molecule has 2 aliphatic rings. The van der Waals surface area contributed by atoms with Crippen LogP contribution in [0.25, 0.3) is 16.6 Å². The van der Waals surface area contributed by atoms with Crippen LogP contribution in [-0.4, -0.2) is 72.8 Å². The Morgan fingerprint density at radius 1 is 1.17 bits per heavy atom. The number of hydrogen-bond acceptors (Lipinski definition) is 7. The van der Waals surface area contributed by atoms with Crippen LogP contribution < -0.4 is 5.32 Å². The van der Waals surface area contributed by atoms with Crippen molar-refractivity contribution in [2.24, 2.45) is 7.05 Å². The Kier molecular flexibility index (Phi) is 8.16. The summed E-state index contributed by atoms with van der Waals surface area (Å²) in [6, 6.07) is 4.75. The molecule has 4 heterocycles. The molecule has 10 nitrogen and oxygen atoms in total. The van der Waals surface area contributed by atoms with Crippen LogP contribution in [0.5, 0.6) is 0 Å². The predicted molar refractivity (Wildman–Crippen MR) is 160 cm³/mol. The van der Waals surface area contributed by atoms with Gasteiger partial charge < -0.3 is 15.0 Å². The lowest BCUT2D eigenvalue weighted by atomic mass is 10.1. The van der Waals surface area contributed by atoms with E-state index in [1.807, 2.05) is 53.1 Å². The van der Waals surface area contributed by atoms with Gasteiger partial charge in [0, 0.05) is 36.7 Å². The molecule has 12 heteroatoms. The molecule has 3 aromatic rings. The van der Waals surface area contributed by atoms with E-state index in [1.54, 1.807) is 26.6 Å². The fourth-order valence-electron chi connectivity index (χ4n) is 5.25. The highest BCUT2D eigenvalue weighted by atomic mass is 35.5. The van der Waals surface area contributed by atoms with Crippen molar-refractivity contribution < 1.29 is 14.3 Å². The Bertz CT molecular complexity index is 1510. The molecule has 2 aromatic heterocycles. The van der Waals surface area contributed by atoms with Gasteiger partial charge in [0.25, 0.3) is 0 Å². The Hall–Kier alpha value is -3.37. The Balaban J connectivity index is 1.34. The van der Waals surface area contributed by atoms with Crippen molar-refractivity contribution in [1.82, 2.24) is 29.5 Å². The molecule has 2 atom stereocenters. The average Bonchev–Trinajstić information content (AvgIpc) is 3.54. The number of halogens is 2. The molecular weight excluding hydrogens is 565 g/mol. The summed E-state index contributed by atoms with van der Waals surface area (Å²) >= 11 is 12.5. The molecule has 0 radical (unpaired) electrons. The molecule has 1 saturated heterocycles. The van der Waals surface area contributed by atoms with Crippen molar-refractivity contribution in [1.29, 1.82) is 0 Å². The number of aryl methyl sites for hydroxylation is 1. The van der Waals surface area contributed by atoms with Crippen LogP contribution in [0.3, 0.4) is 0 Å². The molecule has 41 heavy (non-hydrogen) atoms. The van der Waals surface area contributed by atoms with Gasteiger partial charge in [-0.15, -0.1) is 0 Å². The topological polar surface area (TPSA) is 105 Å². The first kappa shape index (κ1) is 29.1. The van der Waals surface area contributed by atoms with Gasteiger partial charge in [-0.1, -0.05) is 35.3 Å². The Morgan fingerprint density at radius 2 is 1.95 bits per heavy atom. The van der Waals surface area contributed by atoms with Crippen LogP contribution in [0.1, 0.15) is 64.4 Å². The molecule has 5 rings (SSSR count). The summed E-state index contributed by atoms with van der Waals surface area (Å²) in [7, 11) is 1.84. The summed E-state index contributed by atoms with van der Waals surface area (Å²) in [5.74, 6) is 1.14. The first-order valence-electron chi connectivity index (χ1n) is 13.8. The number of hydrogen-bond donors (Lipinski definition) is 1. The van der Waals surface area contributed by atoms with Crippen LogP contribution in [0.4, 0.5) is 10.6 Å². The number of nitrogens with one attached hydrogen (secondary N) is 1. The van der Waals surface area contributed by atoms with Crippen molar-refractivity contribution in [3.63, 3.8) is 0 Å². The number of amides is 2. The summed E-state index contributed by atoms with van der Waals surface area (Å²) < 4.78 is 7.25. The van der Waals surface area contributed by atoms with Gasteiger partial charge in [0.1, 0.15) is 17.2 Å². The fourth-order valence-corrected chi connectivity index (χ4v) is 5.82. The van der Waals surface area contributed by atoms with Gasteiger partial charge in [-0.25, -0.2) is 14.8 Å². The lowest BCUT2D eigenvalue weighted by Gasteiger charge is -2.33. The smallest absolute Gasteiger partial charge is 0.410 e. The molecule has 2 amide bonds. The summed E-state index contributed by atoms with van der Waals surface area (Å²) in [4.78, 5) is 39.2. The number of ether oxygens (including phenoxy) is 1. The van der Waals surface area contributed by atoms with Gasteiger partial charge in [0.05, 0.1) is 12.2 Å². The van der Waals surface area contributed by atoms with Crippen LogP contribution in [0.15, 0.2) is 30.5 Å². The van der Waals surface area contributed by atoms with Gasteiger partial charge >= 0.3 is 6.09 Å². The zero-order valence-corrected chi connectivity index (χ0v) is 25.5. The summed E-state index contributed by atoms with van der Waals surface area (Å²) in [6.07, 6.45) is 5.42. The van der Waals surface area contributed by atoms with E-state index in [1.165, 1.54) is 0 Å². The van der Waals surface area contributed by atoms with Gasteiger partial charge in [0.2, 0.25) is 5.91 Å². The number of anilines is 1. The molecule has 0 saturated carbocycles. The number of rotatable bonds is 5. The van der Waals surface area contributed by atoms with E-state index < -0.39 is 17.7 Å². The van der Waals surface area contributed by atoms with Crippen LogP contribution in [0, 0.1) is 0 Å². The second kappa shape index (κ2) is 11.5. The fraction of sp³-hybridized carbons (Fsp3) is 0.483. The largest absolute Gasteiger partial charge is 0.444 e. The van der Waals surface area contributed by atoms with Crippen molar-refractivity contribution in [2.45, 2.75) is 64.6 Å². The lowest BCUT2D eigenvalue weighted by Crippen LogP contribution is -2.49. The molecular formula is C29H35Cl2N7O3. The molecule has 1 N–H and O–H groups in total. The number of aromatic nitrogens is 4. The number of benzene rings is 1. The SMILES string of the molecule is C[C@@H](Nc1nc(C2=CCN(C(=O)[C@H]3CCCN3C(=O)OC(C)(C)C)CC2)nc2cn(C)nc12)c1ccc(Cl)cc1Cl. The second-order valence-electron chi connectivity index (χ2n) is 11.6. The molecule has 0 aliphatic carbocycles. The summed E-state index contributed by atoms with van der Waals surface area (Å²) in [5, 5.41) is 9.16. The molecule has 0 spiro atoms. The predicted octanol–water partition coefficient (Wildman–Crippen LogP) is 5.86. The minimum atomic E-state index is -0.613. The van der Waals surface area contributed by atoms with Crippen molar-refractivity contribution in [3.8, 4) is 0 Å². The molecule has 0 unspecified atom stereocenters. The monoisotopic (exact) mass is 599 g/mol. The maximum absolute atomic E-state index is 13.4. The van der Waals surface area contributed by atoms with Gasteiger partial charge in [0.15, 0.2) is 17.2 Å². The maximum Gasteiger partial charge on any atom is 0.410 e. The van der Waals surface area contributed by atoms with E-state index in [0.717, 1.165) is 17.6 Å². The minimum Gasteiger partial charge on any atom is -0.444 e. The van der Waals surface area contributed by atoms with Gasteiger partial charge in [-0.05, 0) is 70.2 Å². The highest BCUT2D eigenvalue weighted by molar-refractivity contribution is 6.35. The highest BCUT2D eigenvalue weighted by Gasteiger charge is 2.39. The van der Waals surface area contributed by atoms with Crippen LogP contribution in [-0.2, 0) is 16.6 Å². The van der Waals surface area contributed by atoms with Crippen LogP contribution in [0.2, 0.25) is 10.0 Å². The molecule has 1 aromatic carbocycles. The number of fused-ring (bicyclic) bond motifs is 1. The maximum atomic E-state index is 13.4. The third-order valence-corrected chi connectivity index (χ3v) is 7.80. The molecule has 0 bridgehead atoms. The van der Waals surface area contributed by atoms with Gasteiger partial charge in [-0.2, -0.15) is 5.10 Å². The standard InChI is InChI=1S/C29H35Cl2N7O3/c1-17(20-9-8-19(30)15-21(20)31)32-26-24-22(16-36(5)35-24)33-25(34-26)18-10-13-37(14-11-18)27(39)23-7-6-12-38(23)28(40)41-29(2,3)4/h8-10,15-17,23H,6-7,11-14H2,1-5H3,(H,32,33,34)/t17-,23-/m1/s1. The number of carbonyl (C=O) groups is 2. The molecule has 1 fully saturated rings. The van der Waals surface area contributed by atoms with E-state index in [0.29, 0.717) is 65.2 Å². The van der Waals surface area contributed by atoms with E-state index >= 15 is 0 Å². The second-order valence-corrected chi connectivity index (χ2v) is 12.4. The first-order chi connectivity index (χ1) is 19.4. The number of likely N-dealkylation sites (tertiary alicyclic amines) is 1. The first-order valence-corrected chi connectivity index (χ1v) is 14.6. The normalized spacial score (nSPS) is 18.4. The van der Waals surface area contributed by atoms with Crippen molar-refractivity contribution in [2.75, 3.05) is 25.0 Å². The van der Waals surface area contributed by atoms with Crippen LogP contribution >= 0.6 is 23.2 Å². The van der Waals surface area contributed by atoms with Crippen molar-refractivity contribution in [3.05, 3.63) is 51.9 Å². The van der Waals surface area contributed by atoms with E-state index in [2.05, 4.69) is 10.4 Å². The minimum absolute atomic E-state index is 0.0525. The van der Waals surface area contributed by atoms with Gasteiger partial charge in [-0.3, -0.25) is 14.4 Å². The average molecular weight is 601 g/mol. The lowest BCUT2D eigenvalue weighted by molar-refractivity contribution is -0.135. The highest BCUT2D eigenvalue weighted by Crippen LogP contribution is 2.32. The van der Waals surface area contributed by atoms with E-state index in [-0.39, 0.29) is 11.9 Å². The number of carbonyl (C=O) groups excluding carboxylic acids is 2. The molecule has 218 valence electrons. The van der Waals surface area contributed by atoms with E-state index in [9.17, 15) is 9.59 Å². The third-order valence-electron chi connectivity index (χ3n) is 7.23. The molecule has 2 aliphatic heterocycles.